The zero-order valence-corrected chi connectivity index (χ0v) is 26.1. The van der Waals surface area contributed by atoms with Crippen LogP contribution in [-0.2, 0) is 41.6 Å². The van der Waals surface area contributed by atoms with E-state index in [9.17, 15) is 44.1 Å². The summed E-state index contributed by atoms with van der Waals surface area (Å²) in [6.07, 6.45) is 0.988. The number of phenols is 2. The van der Waals surface area contributed by atoms with Gasteiger partial charge in [0.15, 0.2) is 0 Å². The standard InChI is InChI=1S/C30H39N5O10S/c1-16(30(44)45)32-27(41)22(11-12-46-2)33-28(42)24(14-18-5-9-20(37)10-6-18)35-29(43)23(13-17-3-7-19(36)8-4-17)34-26(40)21(31)15-25(38)39/h3-10,16,21-24,36-37H,11-15,31H2,1-2H3,(H,32,41)(H,33,42)(H,34,40)(H,35,43)(H,38,39)(H,44,45)/t16-,21-,22-,23-,24-/m0/s1. The van der Waals surface area contributed by atoms with Crippen molar-refractivity contribution in [3.63, 3.8) is 0 Å². The number of nitrogens with one attached hydrogen (secondary N) is 4. The smallest absolute Gasteiger partial charge is 0.325 e. The number of nitrogens with two attached hydrogens (primary N) is 1. The Labute approximate surface area is 269 Å². The lowest BCUT2D eigenvalue weighted by atomic mass is 10.0. The molecule has 4 amide bonds. The van der Waals surface area contributed by atoms with E-state index in [1.165, 1.54) is 67.2 Å². The fourth-order valence-corrected chi connectivity index (χ4v) is 4.61. The first-order valence-corrected chi connectivity index (χ1v) is 15.6. The van der Waals surface area contributed by atoms with Crippen LogP contribution in [0.4, 0.5) is 0 Å². The van der Waals surface area contributed by atoms with Crippen LogP contribution < -0.4 is 27.0 Å². The Morgan fingerprint density at radius 1 is 0.696 bits per heavy atom. The molecule has 0 unspecified atom stereocenters. The van der Waals surface area contributed by atoms with E-state index < -0.39 is 72.2 Å². The van der Waals surface area contributed by atoms with Gasteiger partial charge in [0.1, 0.15) is 35.7 Å². The summed E-state index contributed by atoms with van der Waals surface area (Å²) in [4.78, 5) is 75.3. The molecule has 0 saturated carbocycles. The van der Waals surface area contributed by atoms with Crippen LogP contribution in [0.2, 0.25) is 0 Å². The molecular weight excluding hydrogens is 622 g/mol. The van der Waals surface area contributed by atoms with Crippen LogP contribution in [0.15, 0.2) is 48.5 Å². The van der Waals surface area contributed by atoms with Crippen LogP contribution in [0.25, 0.3) is 0 Å². The van der Waals surface area contributed by atoms with E-state index in [4.69, 9.17) is 10.8 Å². The predicted octanol–water partition coefficient (Wildman–Crippen LogP) is -0.518. The largest absolute Gasteiger partial charge is 0.508 e. The summed E-state index contributed by atoms with van der Waals surface area (Å²) in [6.45, 7) is 1.27. The first kappa shape index (κ1) is 37.4. The van der Waals surface area contributed by atoms with Crippen molar-refractivity contribution in [2.24, 2.45) is 5.73 Å². The molecule has 2 rings (SSSR count). The average Bonchev–Trinajstić information content (AvgIpc) is 2.99. The molecule has 0 saturated heterocycles. The monoisotopic (exact) mass is 661 g/mol. The Balaban J connectivity index is 2.39. The Kier molecular flexibility index (Phi) is 14.8. The summed E-state index contributed by atoms with van der Waals surface area (Å²) >= 11 is 1.40. The molecule has 0 bridgehead atoms. The minimum Gasteiger partial charge on any atom is -0.508 e. The molecule has 0 aliphatic carbocycles. The van der Waals surface area contributed by atoms with Gasteiger partial charge in [0.05, 0.1) is 12.5 Å². The molecule has 0 radical (unpaired) electrons. The average molecular weight is 662 g/mol. The van der Waals surface area contributed by atoms with E-state index >= 15 is 0 Å². The fraction of sp³-hybridized carbons (Fsp3) is 0.400. The Hall–Kier alpha value is -4.83. The molecule has 0 spiro atoms. The van der Waals surface area contributed by atoms with E-state index in [0.717, 1.165) is 0 Å². The molecular formula is C30H39N5O10S. The Bertz CT molecular complexity index is 1370. The number of carboxylic acids is 2. The van der Waals surface area contributed by atoms with Crippen LogP contribution in [0, 0.1) is 0 Å². The number of phenolic OH excluding ortho intramolecular Hbond substituents is 2. The number of hydrogen-bond donors (Lipinski definition) is 9. The minimum atomic E-state index is -1.48. The molecule has 0 aliphatic rings. The summed E-state index contributed by atoms with van der Waals surface area (Å²) in [5, 5.41) is 47.5. The van der Waals surface area contributed by atoms with E-state index in [-0.39, 0.29) is 30.8 Å². The highest BCUT2D eigenvalue weighted by atomic mass is 32.2. The van der Waals surface area contributed by atoms with Crippen LogP contribution in [0.5, 0.6) is 11.5 Å². The third-order valence-electron chi connectivity index (χ3n) is 6.72. The zero-order valence-electron chi connectivity index (χ0n) is 25.3. The lowest BCUT2D eigenvalue weighted by Crippen LogP contribution is -2.59. The molecule has 16 heteroatoms. The second kappa shape index (κ2) is 18.2. The second-order valence-electron chi connectivity index (χ2n) is 10.5. The van der Waals surface area contributed by atoms with Gasteiger partial charge in [-0.25, -0.2) is 0 Å². The van der Waals surface area contributed by atoms with Gasteiger partial charge in [-0.1, -0.05) is 24.3 Å². The first-order valence-electron chi connectivity index (χ1n) is 14.2. The van der Waals surface area contributed by atoms with Crippen LogP contribution in [0.1, 0.15) is 30.9 Å². The highest BCUT2D eigenvalue weighted by Crippen LogP contribution is 2.14. The first-order chi connectivity index (χ1) is 21.7. The Morgan fingerprint density at radius 2 is 1.11 bits per heavy atom. The van der Waals surface area contributed by atoms with E-state index in [1.54, 1.807) is 6.26 Å². The molecule has 15 nitrogen and oxygen atoms in total. The van der Waals surface area contributed by atoms with Gasteiger partial charge in [-0.3, -0.25) is 28.8 Å². The van der Waals surface area contributed by atoms with Gasteiger partial charge in [0, 0.05) is 12.8 Å². The van der Waals surface area contributed by atoms with Gasteiger partial charge in [-0.05, 0) is 60.7 Å². The van der Waals surface area contributed by atoms with Gasteiger partial charge >= 0.3 is 11.9 Å². The molecule has 0 heterocycles. The number of aliphatic carboxylic acids is 2. The zero-order chi connectivity index (χ0) is 34.4. The van der Waals surface area contributed by atoms with Crippen molar-refractivity contribution in [2.75, 3.05) is 12.0 Å². The quantitative estimate of drug-likeness (QED) is 0.0978. The fourth-order valence-electron chi connectivity index (χ4n) is 4.14. The summed E-state index contributed by atoms with van der Waals surface area (Å²) in [7, 11) is 0. The highest BCUT2D eigenvalue weighted by Gasteiger charge is 2.32. The number of hydrogen-bond acceptors (Lipinski definition) is 10. The molecule has 0 fully saturated rings. The van der Waals surface area contributed by atoms with E-state index in [1.807, 2.05) is 0 Å². The van der Waals surface area contributed by atoms with Crippen LogP contribution in [0.3, 0.4) is 0 Å². The molecule has 2 aromatic rings. The number of carboxylic acid groups (broad SMARTS) is 2. The molecule has 0 aromatic heterocycles. The number of carbonyl (C=O) groups is 6. The molecule has 250 valence electrons. The van der Waals surface area contributed by atoms with Crippen molar-refractivity contribution in [1.29, 1.82) is 0 Å². The number of amides is 4. The lowest BCUT2D eigenvalue weighted by Gasteiger charge is -2.26. The van der Waals surface area contributed by atoms with Crippen molar-refractivity contribution >= 4 is 47.3 Å². The third-order valence-corrected chi connectivity index (χ3v) is 7.37. The SMILES string of the molecule is CSCC[C@H](NC(=O)[C@H](Cc1ccc(O)cc1)NC(=O)[C@H](Cc1ccc(O)cc1)NC(=O)[C@@H](N)CC(=O)O)C(=O)N[C@@H](C)C(=O)O. The normalized spacial score (nSPS) is 14.1. The van der Waals surface area contributed by atoms with Crippen molar-refractivity contribution in [2.45, 2.75) is 62.8 Å². The second-order valence-corrected chi connectivity index (χ2v) is 11.5. The number of benzene rings is 2. The Morgan fingerprint density at radius 3 is 1.52 bits per heavy atom. The third kappa shape index (κ3) is 12.6. The van der Waals surface area contributed by atoms with Crippen LogP contribution >= 0.6 is 11.8 Å². The van der Waals surface area contributed by atoms with Crippen molar-refractivity contribution in [3.8, 4) is 11.5 Å². The molecule has 46 heavy (non-hydrogen) atoms. The number of rotatable bonds is 18. The molecule has 0 aliphatic heterocycles. The maximum Gasteiger partial charge on any atom is 0.325 e. The predicted molar refractivity (Wildman–Crippen MR) is 168 cm³/mol. The lowest BCUT2D eigenvalue weighted by molar-refractivity contribution is -0.142. The summed E-state index contributed by atoms with van der Waals surface area (Å²) in [6, 6.07) is 5.02. The topological polar surface area (TPSA) is 257 Å². The van der Waals surface area contributed by atoms with Gasteiger partial charge < -0.3 is 47.4 Å². The van der Waals surface area contributed by atoms with Crippen molar-refractivity contribution < 1.29 is 49.2 Å². The van der Waals surface area contributed by atoms with Crippen molar-refractivity contribution in [1.82, 2.24) is 21.3 Å². The highest BCUT2D eigenvalue weighted by molar-refractivity contribution is 7.98. The van der Waals surface area contributed by atoms with Gasteiger partial charge in [-0.15, -0.1) is 0 Å². The molecule has 2 aromatic carbocycles. The minimum absolute atomic E-state index is 0.0375. The van der Waals surface area contributed by atoms with Gasteiger partial charge in [-0.2, -0.15) is 11.8 Å². The summed E-state index contributed by atoms with van der Waals surface area (Å²) < 4.78 is 0. The number of thioether (sulfide) groups is 1. The number of aromatic hydroxyl groups is 2. The van der Waals surface area contributed by atoms with E-state index in [2.05, 4.69) is 21.3 Å². The maximum absolute atomic E-state index is 13.7. The molecule has 5 atom stereocenters. The maximum atomic E-state index is 13.7. The molecule has 10 N–H and O–H groups in total. The number of carbonyl (C=O) groups excluding carboxylic acids is 4. The van der Waals surface area contributed by atoms with Gasteiger partial charge in [0.25, 0.3) is 0 Å². The summed E-state index contributed by atoms with van der Waals surface area (Å²) in [5.74, 6) is -5.54. The van der Waals surface area contributed by atoms with Crippen LogP contribution in [-0.4, -0.2) is 98.2 Å². The summed E-state index contributed by atoms with van der Waals surface area (Å²) in [5.41, 5.74) is 6.73. The van der Waals surface area contributed by atoms with Crippen molar-refractivity contribution in [3.05, 3.63) is 59.7 Å². The van der Waals surface area contributed by atoms with Gasteiger partial charge in [0.2, 0.25) is 23.6 Å². The van der Waals surface area contributed by atoms with E-state index in [0.29, 0.717) is 16.9 Å².